The average molecular weight is 437 g/mol. The zero-order valence-electron chi connectivity index (χ0n) is 14.7. The standard InChI is InChI=1S/C17H16ClF3N2O4S/c1-23(28(25,26)13-6-7-15(27-2)14(18)9-13)10-16(24)22-12-5-3-4-11(8-12)17(19,20)21/h3-9H,10H2,1-2H3,(H,22,24). The first-order chi connectivity index (χ1) is 12.9. The summed E-state index contributed by atoms with van der Waals surface area (Å²) < 4.78 is 69.0. The minimum absolute atomic E-state index is 0.0744. The van der Waals surface area contributed by atoms with Gasteiger partial charge in [-0.3, -0.25) is 4.79 Å². The summed E-state index contributed by atoms with van der Waals surface area (Å²) in [7, 11) is -1.51. The molecular weight excluding hydrogens is 421 g/mol. The largest absolute Gasteiger partial charge is 0.495 e. The predicted molar refractivity (Wildman–Crippen MR) is 97.9 cm³/mol. The Hall–Kier alpha value is -2.30. The van der Waals surface area contributed by atoms with E-state index in [0.29, 0.717) is 0 Å². The van der Waals surface area contributed by atoms with Crippen molar-refractivity contribution in [3.05, 3.63) is 53.1 Å². The zero-order valence-corrected chi connectivity index (χ0v) is 16.3. The number of halogens is 4. The average Bonchev–Trinajstić information content (AvgIpc) is 2.60. The number of ether oxygens (including phenoxy) is 1. The molecule has 0 aromatic heterocycles. The maximum atomic E-state index is 12.7. The third kappa shape index (κ3) is 5.15. The number of sulfonamides is 1. The van der Waals surface area contributed by atoms with Crippen LogP contribution in [0, 0.1) is 0 Å². The Bertz CT molecular complexity index is 981. The Balaban J connectivity index is 2.12. The molecule has 2 rings (SSSR count). The van der Waals surface area contributed by atoms with Gasteiger partial charge in [0.1, 0.15) is 5.75 Å². The maximum Gasteiger partial charge on any atom is 0.416 e. The van der Waals surface area contributed by atoms with Crippen LogP contribution in [0.25, 0.3) is 0 Å². The van der Waals surface area contributed by atoms with Gasteiger partial charge in [0.2, 0.25) is 15.9 Å². The van der Waals surface area contributed by atoms with E-state index in [4.69, 9.17) is 16.3 Å². The molecule has 0 aliphatic rings. The van der Waals surface area contributed by atoms with Gasteiger partial charge in [-0.1, -0.05) is 17.7 Å². The van der Waals surface area contributed by atoms with Crippen molar-refractivity contribution < 1.29 is 31.1 Å². The lowest BCUT2D eigenvalue weighted by Crippen LogP contribution is -2.35. The van der Waals surface area contributed by atoms with E-state index in [1.807, 2.05) is 0 Å². The van der Waals surface area contributed by atoms with Gasteiger partial charge in [-0.2, -0.15) is 17.5 Å². The normalized spacial score (nSPS) is 12.1. The second kappa shape index (κ2) is 8.38. The van der Waals surface area contributed by atoms with Crippen molar-refractivity contribution >= 4 is 33.2 Å². The minimum atomic E-state index is -4.56. The molecule has 0 saturated carbocycles. The van der Waals surface area contributed by atoms with Gasteiger partial charge in [0.25, 0.3) is 0 Å². The summed E-state index contributed by atoms with van der Waals surface area (Å²) in [6.45, 7) is -0.609. The Kier molecular flexibility index (Phi) is 6.58. The molecular formula is C17H16ClF3N2O4S. The summed E-state index contributed by atoms with van der Waals surface area (Å²) >= 11 is 5.93. The highest BCUT2D eigenvalue weighted by atomic mass is 35.5. The van der Waals surface area contributed by atoms with Gasteiger partial charge in [-0.15, -0.1) is 0 Å². The molecule has 0 aliphatic heterocycles. The fourth-order valence-corrected chi connectivity index (χ4v) is 3.72. The van der Waals surface area contributed by atoms with Gasteiger partial charge in [-0.05, 0) is 36.4 Å². The second-order valence-corrected chi connectivity index (χ2v) is 8.14. The molecule has 152 valence electrons. The van der Waals surface area contributed by atoms with Crippen molar-refractivity contribution in [1.29, 1.82) is 0 Å². The molecule has 1 amide bonds. The highest BCUT2D eigenvalue weighted by Crippen LogP contribution is 2.31. The van der Waals surface area contributed by atoms with Crippen LogP contribution < -0.4 is 10.1 Å². The number of nitrogens with zero attached hydrogens (tertiary/aromatic N) is 1. The van der Waals surface area contributed by atoms with Crippen LogP contribution in [0.4, 0.5) is 18.9 Å². The fourth-order valence-electron chi connectivity index (χ4n) is 2.25. The monoisotopic (exact) mass is 436 g/mol. The molecule has 2 aromatic carbocycles. The van der Waals surface area contributed by atoms with E-state index in [9.17, 15) is 26.4 Å². The van der Waals surface area contributed by atoms with Crippen LogP contribution in [0.1, 0.15) is 5.56 Å². The SMILES string of the molecule is COc1ccc(S(=O)(=O)N(C)CC(=O)Nc2cccc(C(F)(F)F)c2)cc1Cl. The van der Waals surface area contributed by atoms with Gasteiger partial charge in [0.05, 0.1) is 29.1 Å². The summed E-state index contributed by atoms with van der Waals surface area (Å²) in [5.74, 6) is -0.518. The summed E-state index contributed by atoms with van der Waals surface area (Å²) in [5.41, 5.74) is -1.03. The third-order valence-electron chi connectivity index (χ3n) is 3.67. The first-order valence-corrected chi connectivity index (χ1v) is 9.54. The molecule has 0 unspecified atom stereocenters. The molecule has 0 heterocycles. The first-order valence-electron chi connectivity index (χ1n) is 7.72. The molecule has 0 radical (unpaired) electrons. The lowest BCUT2D eigenvalue weighted by molar-refractivity contribution is -0.137. The molecule has 0 fully saturated rings. The van der Waals surface area contributed by atoms with Gasteiger partial charge < -0.3 is 10.1 Å². The first kappa shape index (κ1) is 22.0. The van der Waals surface area contributed by atoms with Gasteiger partial charge in [0.15, 0.2) is 0 Å². The van der Waals surface area contributed by atoms with Crippen molar-refractivity contribution in [2.75, 3.05) is 26.0 Å². The molecule has 28 heavy (non-hydrogen) atoms. The molecule has 0 bridgehead atoms. The van der Waals surface area contributed by atoms with E-state index in [-0.39, 0.29) is 21.4 Å². The Morgan fingerprint density at radius 3 is 2.46 bits per heavy atom. The number of rotatable bonds is 6. The second-order valence-electron chi connectivity index (χ2n) is 5.68. The number of methoxy groups -OCH3 is 1. The highest BCUT2D eigenvalue weighted by molar-refractivity contribution is 7.89. The smallest absolute Gasteiger partial charge is 0.416 e. The number of carbonyl (C=O) groups excluding carboxylic acids is 1. The minimum Gasteiger partial charge on any atom is -0.495 e. The van der Waals surface area contributed by atoms with E-state index >= 15 is 0 Å². The Morgan fingerprint density at radius 2 is 1.89 bits per heavy atom. The van der Waals surface area contributed by atoms with Crippen molar-refractivity contribution in [1.82, 2.24) is 4.31 Å². The van der Waals surface area contributed by atoms with Crippen molar-refractivity contribution in [3.8, 4) is 5.75 Å². The molecule has 6 nitrogen and oxygen atoms in total. The molecule has 11 heteroatoms. The topological polar surface area (TPSA) is 75.7 Å². The summed E-state index contributed by atoms with van der Waals surface area (Å²) in [4.78, 5) is 11.9. The van der Waals surface area contributed by atoms with E-state index < -0.39 is 34.2 Å². The third-order valence-corrected chi connectivity index (χ3v) is 5.77. The lowest BCUT2D eigenvalue weighted by Gasteiger charge is -2.18. The van der Waals surface area contributed by atoms with E-state index in [2.05, 4.69) is 5.32 Å². The fraction of sp³-hybridized carbons (Fsp3) is 0.235. The molecule has 1 N–H and O–H groups in total. The Labute approximate surface area is 164 Å². The lowest BCUT2D eigenvalue weighted by atomic mass is 10.2. The van der Waals surface area contributed by atoms with Gasteiger partial charge >= 0.3 is 6.18 Å². The number of anilines is 1. The number of alkyl halides is 3. The van der Waals surface area contributed by atoms with E-state index in [1.165, 1.54) is 38.4 Å². The van der Waals surface area contributed by atoms with Crippen molar-refractivity contribution in [2.24, 2.45) is 0 Å². The number of benzene rings is 2. The molecule has 2 aromatic rings. The van der Waals surface area contributed by atoms with Crippen LogP contribution in [0.5, 0.6) is 5.75 Å². The van der Waals surface area contributed by atoms with Crippen LogP contribution >= 0.6 is 11.6 Å². The van der Waals surface area contributed by atoms with Crippen LogP contribution in [-0.2, 0) is 21.0 Å². The Morgan fingerprint density at radius 1 is 1.21 bits per heavy atom. The number of hydrogen-bond donors (Lipinski definition) is 1. The number of hydrogen-bond acceptors (Lipinski definition) is 4. The maximum absolute atomic E-state index is 12.7. The van der Waals surface area contributed by atoms with Crippen molar-refractivity contribution in [3.63, 3.8) is 0 Å². The van der Waals surface area contributed by atoms with Crippen LogP contribution in [-0.4, -0.2) is 39.3 Å². The van der Waals surface area contributed by atoms with Crippen LogP contribution in [0.3, 0.4) is 0 Å². The van der Waals surface area contributed by atoms with Crippen LogP contribution in [0.15, 0.2) is 47.4 Å². The molecule has 0 atom stereocenters. The summed E-state index contributed by atoms with van der Waals surface area (Å²) in [5, 5.41) is 2.32. The summed E-state index contributed by atoms with van der Waals surface area (Å²) in [6.07, 6.45) is -4.56. The molecule has 0 aliphatic carbocycles. The number of likely N-dealkylation sites (N-methyl/N-ethyl adjacent to an activating group) is 1. The number of carbonyl (C=O) groups is 1. The summed E-state index contributed by atoms with van der Waals surface area (Å²) in [6, 6.07) is 7.84. The number of nitrogens with one attached hydrogen (secondary N) is 1. The van der Waals surface area contributed by atoms with Gasteiger partial charge in [-0.25, -0.2) is 8.42 Å². The molecule has 0 saturated heterocycles. The number of amides is 1. The van der Waals surface area contributed by atoms with E-state index in [0.717, 1.165) is 22.5 Å². The molecule has 0 spiro atoms. The van der Waals surface area contributed by atoms with Crippen LogP contribution in [0.2, 0.25) is 5.02 Å². The predicted octanol–water partition coefficient (Wildman–Crippen LogP) is 3.63. The van der Waals surface area contributed by atoms with E-state index in [1.54, 1.807) is 0 Å². The quantitative estimate of drug-likeness (QED) is 0.750. The highest BCUT2D eigenvalue weighted by Gasteiger charge is 2.30. The van der Waals surface area contributed by atoms with Crippen molar-refractivity contribution in [2.45, 2.75) is 11.1 Å². The zero-order chi connectivity index (χ0) is 21.1. The van der Waals surface area contributed by atoms with Gasteiger partial charge in [0, 0.05) is 12.7 Å².